The summed E-state index contributed by atoms with van der Waals surface area (Å²) in [5.74, 6) is -0.133. The summed E-state index contributed by atoms with van der Waals surface area (Å²) in [7, 11) is 1.44. The van der Waals surface area contributed by atoms with Crippen LogP contribution >= 0.6 is 0 Å². The monoisotopic (exact) mass is 396 g/mol. The molecule has 1 N–H and O–H groups in total. The zero-order chi connectivity index (χ0) is 20.7. The van der Waals surface area contributed by atoms with Gasteiger partial charge in [0.25, 0.3) is 0 Å². The zero-order valence-corrected chi connectivity index (χ0v) is 16.0. The number of hydrogen-bond acceptors (Lipinski definition) is 5. The lowest BCUT2D eigenvalue weighted by Gasteiger charge is -2.16. The van der Waals surface area contributed by atoms with Crippen LogP contribution in [0.4, 0.5) is 13.2 Å². The molecule has 0 spiro atoms. The summed E-state index contributed by atoms with van der Waals surface area (Å²) in [6, 6.07) is 5.25. The number of esters is 1. The van der Waals surface area contributed by atoms with Crippen LogP contribution in [0.25, 0.3) is 11.1 Å². The average molecular weight is 396 g/mol. The van der Waals surface area contributed by atoms with Gasteiger partial charge in [0.15, 0.2) is 0 Å². The summed E-state index contributed by atoms with van der Waals surface area (Å²) >= 11 is 0. The summed E-state index contributed by atoms with van der Waals surface area (Å²) in [6.07, 6.45) is -2.93. The number of hydrogen-bond donors (Lipinski definition) is 1. The Bertz CT molecular complexity index is 823. The molecule has 0 amide bonds. The van der Waals surface area contributed by atoms with Gasteiger partial charge >= 0.3 is 12.1 Å². The van der Waals surface area contributed by atoms with Gasteiger partial charge in [-0.3, -0.25) is 4.79 Å². The molecule has 5 nitrogen and oxygen atoms in total. The molecule has 152 valence electrons. The van der Waals surface area contributed by atoms with Gasteiger partial charge in [0.2, 0.25) is 5.88 Å². The van der Waals surface area contributed by atoms with Gasteiger partial charge in [-0.25, -0.2) is 4.98 Å². The van der Waals surface area contributed by atoms with Crippen molar-refractivity contribution in [3.05, 3.63) is 47.2 Å². The number of nitrogens with zero attached hydrogens (tertiary/aromatic N) is 1. The number of halogens is 3. The molecule has 0 atom stereocenters. The molecule has 0 aliphatic rings. The molecule has 28 heavy (non-hydrogen) atoms. The van der Waals surface area contributed by atoms with E-state index in [1.165, 1.54) is 19.4 Å². The number of benzene rings is 1. The number of aromatic nitrogens is 1. The number of methoxy groups -OCH3 is 1. The van der Waals surface area contributed by atoms with E-state index in [0.29, 0.717) is 28.8 Å². The van der Waals surface area contributed by atoms with Gasteiger partial charge in [-0.15, -0.1) is 0 Å². The highest BCUT2D eigenvalue weighted by molar-refractivity contribution is 5.76. The van der Waals surface area contributed by atoms with Gasteiger partial charge < -0.3 is 14.8 Å². The first kappa shape index (κ1) is 21.7. The Morgan fingerprint density at radius 1 is 1.18 bits per heavy atom. The minimum atomic E-state index is -4.44. The molecule has 0 fully saturated rings. The summed E-state index contributed by atoms with van der Waals surface area (Å²) in [4.78, 5) is 16.0. The highest BCUT2D eigenvalue weighted by Gasteiger charge is 2.31. The molecule has 1 aromatic heterocycles. The molecule has 0 bridgehead atoms. The van der Waals surface area contributed by atoms with E-state index in [-0.39, 0.29) is 25.5 Å². The molecule has 2 aromatic rings. The van der Waals surface area contributed by atoms with Crippen LogP contribution in [-0.2, 0) is 28.7 Å². The predicted molar refractivity (Wildman–Crippen MR) is 98.9 cm³/mol. The van der Waals surface area contributed by atoms with E-state index >= 15 is 0 Å². The molecule has 0 aliphatic carbocycles. The van der Waals surface area contributed by atoms with Gasteiger partial charge in [-0.1, -0.05) is 13.0 Å². The second kappa shape index (κ2) is 9.54. The van der Waals surface area contributed by atoms with Crippen LogP contribution in [-0.4, -0.2) is 31.2 Å². The summed E-state index contributed by atoms with van der Waals surface area (Å²) in [5.41, 5.74) is 1.40. The Morgan fingerprint density at radius 3 is 2.54 bits per heavy atom. The SMILES string of the molecule is CCNCc1cc(C(F)(F)F)ccc1-c1cc(CC(=O)OCC)cnc1OC. The van der Waals surface area contributed by atoms with Crippen molar-refractivity contribution >= 4 is 5.97 Å². The fraction of sp³-hybridized carbons (Fsp3) is 0.400. The van der Waals surface area contributed by atoms with E-state index < -0.39 is 17.7 Å². The molecule has 0 saturated heterocycles. The minimum Gasteiger partial charge on any atom is -0.481 e. The van der Waals surface area contributed by atoms with Gasteiger partial charge in [0.1, 0.15) is 0 Å². The molecular weight excluding hydrogens is 373 g/mol. The molecule has 8 heteroatoms. The van der Waals surface area contributed by atoms with Crippen molar-refractivity contribution in [2.75, 3.05) is 20.3 Å². The molecule has 2 rings (SSSR count). The van der Waals surface area contributed by atoms with Gasteiger partial charge in [-0.05, 0) is 48.4 Å². The quantitative estimate of drug-likeness (QED) is 0.684. The van der Waals surface area contributed by atoms with Crippen LogP contribution in [0.2, 0.25) is 0 Å². The second-order valence-electron chi connectivity index (χ2n) is 6.03. The molecular formula is C20H23F3N2O3. The van der Waals surface area contributed by atoms with Crippen LogP contribution in [0.5, 0.6) is 5.88 Å². The van der Waals surface area contributed by atoms with E-state index in [0.717, 1.165) is 12.1 Å². The molecule has 0 saturated carbocycles. The number of ether oxygens (including phenoxy) is 2. The van der Waals surface area contributed by atoms with Crippen LogP contribution in [0.1, 0.15) is 30.5 Å². The molecule has 1 heterocycles. The highest BCUT2D eigenvalue weighted by atomic mass is 19.4. The minimum absolute atomic E-state index is 0.0149. The summed E-state index contributed by atoms with van der Waals surface area (Å²) in [6.45, 7) is 4.70. The maximum Gasteiger partial charge on any atom is 0.416 e. The normalized spacial score (nSPS) is 11.4. The van der Waals surface area contributed by atoms with Crippen LogP contribution in [0, 0.1) is 0 Å². The Balaban J connectivity index is 2.52. The summed E-state index contributed by atoms with van der Waals surface area (Å²) in [5, 5.41) is 3.05. The number of pyridine rings is 1. The van der Waals surface area contributed by atoms with Crippen molar-refractivity contribution in [3.63, 3.8) is 0 Å². The van der Waals surface area contributed by atoms with E-state index in [4.69, 9.17) is 9.47 Å². The number of rotatable bonds is 8. The first-order valence-electron chi connectivity index (χ1n) is 8.89. The van der Waals surface area contributed by atoms with E-state index in [1.54, 1.807) is 13.0 Å². The van der Waals surface area contributed by atoms with Gasteiger partial charge in [0, 0.05) is 18.3 Å². The van der Waals surface area contributed by atoms with Crippen molar-refractivity contribution in [2.45, 2.75) is 33.0 Å². The third kappa shape index (κ3) is 5.45. The molecule has 0 radical (unpaired) electrons. The smallest absolute Gasteiger partial charge is 0.416 e. The van der Waals surface area contributed by atoms with Crippen molar-refractivity contribution < 1.29 is 27.4 Å². The van der Waals surface area contributed by atoms with Gasteiger partial charge in [-0.2, -0.15) is 13.2 Å². The largest absolute Gasteiger partial charge is 0.481 e. The first-order chi connectivity index (χ1) is 13.3. The second-order valence-corrected chi connectivity index (χ2v) is 6.03. The topological polar surface area (TPSA) is 60.5 Å². The third-order valence-corrected chi connectivity index (χ3v) is 4.04. The van der Waals surface area contributed by atoms with Crippen LogP contribution in [0.3, 0.4) is 0 Å². The predicted octanol–water partition coefficient (Wildman–Crippen LogP) is 3.99. The standard InChI is InChI=1S/C20H23F3N2O3/c1-4-24-12-14-10-15(20(21,22)23)6-7-16(14)17-8-13(9-18(26)28-5-2)11-25-19(17)27-3/h6-8,10-11,24H,4-5,9,12H2,1-3H3. The van der Waals surface area contributed by atoms with E-state index in [2.05, 4.69) is 10.3 Å². The lowest BCUT2D eigenvalue weighted by Crippen LogP contribution is -2.14. The number of carbonyl (C=O) groups excluding carboxylic acids is 1. The lowest BCUT2D eigenvalue weighted by atomic mass is 9.96. The Morgan fingerprint density at radius 2 is 1.93 bits per heavy atom. The van der Waals surface area contributed by atoms with Crippen LogP contribution in [0.15, 0.2) is 30.5 Å². The maximum atomic E-state index is 13.1. The number of alkyl halides is 3. The number of carbonyl (C=O) groups is 1. The zero-order valence-electron chi connectivity index (χ0n) is 16.0. The Kier molecular flexibility index (Phi) is 7.39. The maximum absolute atomic E-state index is 13.1. The third-order valence-electron chi connectivity index (χ3n) is 4.04. The summed E-state index contributed by atoms with van der Waals surface area (Å²) < 4.78 is 49.7. The van der Waals surface area contributed by atoms with Gasteiger partial charge in [0.05, 0.1) is 25.7 Å². The number of nitrogens with one attached hydrogen (secondary N) is 1. The average Bonchev–Trinajstić information content (AvgIpc) is 2.65. The van der Waals surface area contributed by atoms with E-state index in [9.17, 15) is 18.0 Å². The fourth-order valence-electron chi connectivity index (χ4n) is 2.77. The molecule has 0 aliphatic heterocycles. The Hall–Kier alpha value is -2.61. The highest BCUT2D eigenvalue weighted by Crippen LogP contribution is 2.36. The molecule has 1 aromatic carbocycles. The first-order valence-corrected chi connectivity index (χ1v) is 8.89. The van der Waals surface area contributed by atoms with Crippen molar-refractivity contribution in [1.82, 2.24) is 10.3 Å². The van der Waals surface area contributed by atoms with E-state index in [1.807, 2.05) is 6.92 Å². The fourth-order valence-corrected chi connectivity index (χ4v) is 2.77. The van der Waals surface area contributed by atoms with Crippen LogP contribution < -0.4 is 10.1 Å². The lowest BCUT2D eigenvalue weighted by molar-refractivity contribution is -0.142. The Labute approximate surface area is 161 Å². The van der Waals surface area contributed by atoms with Crippen molar-refractivity contribution in [1.29, 1.82) is 0 Å². The molecule has 0 unspecified atom stereocenters. The van der Waals surface area contributed by atoms with Crippen molar-refractivity contribution in [3.8, 4) is 17.0 Å². The van der Waals surface area contributed by atoms with Crippen molar-refractivity contribution in [2.24, 2.45) is 0 Å².